The summed E-state index contributed by atoms with van der Waals surface area (Å²) in [6.07, 6.45) is 1.77. The molecule has 1 rings (SSSR count). The van der Waals surface area contributed by atoms with Crippen LogP contribution in [0.25, 0.3) is 0 Å². The lowest BCUT2D eigenvalue weighted by atomic mass is 9.89. The minimum Gasteiger partial charge on any atom is -0.387 e. The molecule has 0 amide bonds. The van der Waals surface area contributed by atoms with Crippen molar-refractivity contribution in [1.82, 2.24) is 0 Å². The molecule has 0 spiro atoms. The normalized spacial score (nSPS) is 14.5. The van der Waals surface area contributed by atoms with E-state index in [0.717, 1.165) is 17.5 Å². The van der Waals surface area contributed by atoms with Gasteiger partial charge in [0.15, 0.2) is 0 Å². The van der Waals surface area contributed by atoms with Gasteiger partial charge in [-0.2, -0.15) is 0 Å². The molecule has 102 valence electrons. The molecule has 0 aliphatic carbocycles. The molecule has 0 radical (unpaired) electrons. The van der Waals surface area contributed by atoms with Gasteiger partial charge in [0.05, 0.1) is 12.2 Å². The maximum Gasteiger partial charge on any atom is 0.123 e. The van der Waals surface area contributed by atoms with Crippen LogP contribution in [0.4, 0.5) is 4.39 Å². The van der Waals surface area contributed by atoms with E-state index in [-0.39, 0.29) is 12.4 Å². The number of hydrogen-bond donors (Lipinski definition) is 2. The highest BCUT2D eigenvalue weighted by Gasteiger charge is 2.27. The fourth-order valence-corrected chi connectivity index (χ4v) is 2.12. The largest absolute Gasteiger partial charge is 0.387 e. The van der Waals surface area contributed by atoms with Gasteiger partial charge in [-0.1, -0.05) is 6.07 Å². The summed E-state index contributed by atoms with van der Waals surface area (Å²) in [5.74, 6) is -0.256. The highest BCUT2D eigenvalue weighted by molar-refractivity contribution is 5.28. The first-order valence-corrected chi connectivity index (χ1v) is 6.17. The van der Waals surface area contributed by atoms with E-state index in [1.807, 2.05) is 6.92 Å². The molecular formula is C14H22FNO2. The van der Waals surface area contributed by atoms with E-state index in [1.54, 1.807) is 13.2 Å². The standard InChI is InChI=1S/C14H22FNO2/c1-11-8-13(15)5-4-12(11)9-14(17,10-18-2)6-3-7-16/h4-5,8,17H,3,6-7,9-10,16H2,1-2H3. The Kier molecular flexibility index (Phi) is 5.72. The average Bonchev–Trinajstić information content (AvgIpc) is 2.31. The molecule has 0 heterocycles. The Labute approximate surface area is 108 Å². The van der Waals surface area contributed by atoms with Crippen molar-refractivity contribution in [3.8, 4) is 0 Å². The summed E-state index contributed by atoms with van der Waals surface area (Å²) in [6, 6.07) is 4.61. The summed E-state index contributed by atoms with van der Waals surface area (Å²) in [5.41, 5.74) is 6.32. The van der Waals surface area contributed by atoms with Crippen LogP contribution in [-0.4, -0.2) is 31.0 Å². The van der Waals surface area contributed by atoms with E-state index in [1.165, 1.54) is 12.1 Å². The molecule has 18 heavy (non-hydrogen) atoms. The smallest absolute Gasteiger partial charge is 0.123 e. The van der Waals surface area contributed by atoms with E-state index < -0.39 is 5.60 Å². The molecule has 1 atom stereocenters. The predicted octanol–water partition coefficient (Wildman–Crippen LogP) is 1.79. The second-order valence-electron chi connectivity index (χ2n) is 4.80. The molecular weight excluding hydrogens is 233 g/mol. The van der Waals surface area contributed by atoms with E-state index in [9.17, 15) is 9.50 Å². The minimum absolute atomic E-state index is 0.254. The van der Waals surface area contributed by atoms with Crippen LogP contribution in [0, 0.1) is 12.7 Å². The Bertz CT molecular complexity index is 384. The number of hydrogen-bond acceptors (Lipinski definition) is 3. The van der Waals surface area contributed by atoms with E-state index >= 15 is 0 Å². The van der Waals surface area contributed by atoms with Gasteiger partial charge in [-0.15, -0.1) is 0 Å². The lowest BCUT2D eigenvalue weighted by Crippen LogP contribution is -2.37. The Hall–Kier alpha value is -0.970. The Morgan fingerprint density at radius 1 is 1.44 bits per heavy atom. The van der Waals surface area contributed by atoms with Crippen LogP contribution in [0.3, 0.4) is 0 Å². The quantitative estimate of drug-likeness (QED) is 0.781. The third-order valence-corrected chi connectivity index (χ3v) is 3.08. The lowest BCUT2D eigenvalue weighted by Gasteiger charge is -2.28. The van der Waals surface area contributed by atoms with Gasteiger partial charge < -0.3 is 15.6 Å². The summed E-state index contributed by atoms with van der Waals surface area (Å²) in [6.45, 7) is 2.63. The molecule has 1 unspecified atom stereocenters. The fourth-order valence-electron chi connectivity index (χ4n) is 2.12. The molecule has 3 nitrogen and oxygen atoms in total. The first-order valence-electron chi connectivity index (χ1n) is 6.17. The van der Waals surface area contributed by atoms with Gasteiger partial charge in [-0.25, -0.2) is 4.39 Å². The van der Waals surface area contributed by atoms with Gasteiger partial charge in [-0.3, -0.25) is 0 Å². The Morgan fingerprint density at radius 3 is 2.72 bits per heavy atom. The molecule has 4 heteroatoms. The number of aliphatic hydroxyl groups is 1. The summed E-state index contributed by atoms with van der Waals surface area (Å²) >= 11 is 0. The number of methoxy groups -OCH3 is 1. The maximum atomic E-state index is 13.0. The first-order chi connectivity index (χ1) is 8.50. The zero-order valence-electron chi connectivity index (χ0n) is 11.1. The molecule has 0 fully saturated rings. The first kappa shape index (κ1) is 15.1. The monoisotopic (exact) mass is 255 g/mol. The minimum atomic E-state index is -0.934. The van der Waals surface area contributed by atoms with Crippen molar-refractivity contribution in [2.75, 3.05) is 20.3 Å². The van der Waals surface area contributed by atoms with E-state index in [0.29, 0.717) is 19.4 Å². The van der Waals surface area contributed by atoms with Gasteiger partial charge in [0.2, 0.25) is 0 Å². The zero-order valence-corrected chi connectivity index (χ0v) is 11.1. The van der Waals surface area contributed by atoms with Crippen LogP contribution >= 0.6 is 0 Å². The lowest BCUT2D eigenvalue weighted by molar-refractivity contribution is -0.0376. The van der Waals surface area contributed by atoms with Crippen molar-refractivity contribution in [3.05, 3.63) is 35.1 Å². The number of halogens is 1. The number of rotatable bonds is 7. The Morgan fingerprint density at radius 2 is 2.17 bits per heavy atom. The summed E-state index contributed by atoms with van der Waals surface area (Å²) in [5, 5.41) is 10.5. The van der Waals surface area contributed by atoms with Crippen molar-refractivity contribution in [2.24, 2.45) is 5.73 Å². The van der Waals surface area contributed by atoms with Gasteiger partial charge in [0.1, 0.15) is 5.82 Å². The molecule has 0 saturated carbocycles. The maximum absolute atomic E-state index is 13.0. The van der Waals surface area contributed by atoms with E-state index in [4.69, 9.17) is 10.5 Å². The second-order valence-corrected chi connectivity index (χ2v) is 4.80. The van der Waals surface area contributed by atoms with Crippen molar-refractivity contribution in [3.63, 3.8) is 0 Å². The molecule has 0 bridgehead atoms. The molecule has 1 aromatic carbocycles. The predicted molar refractivity (Wildman–Crippen MR) is 70.0 cm³/mol. The number of ether oxygens (including phenoxy) is 1. The molecule has 0 saturated heterocycles. The van der Waals surface area contributed by atoms with Gasteiger partial charge >= 0.3 is 0 Å². The third kappa shape index (κ3) is 4.37. The zero-order chi connectivity index (χ0) is 13.6. The average molecular weight is 255 g/mol. The topological polar surface area (TPSA) is 55.5 Å². The van der Waals surface area contributed by atoms with Crippen LogP contribution < -0.4 is 5.73 Å². The molecule has 0 aromatic heterocycles. The number of nitrogens with two attached hydrogens (primary N) is 1. The molecule has 0 aliphatic heterocycles. The van der Waals surface area contributed by atoms with Crippen molar-refractivity contribution >= 4 is 0 Å². The van der Waals surface area contributed by atoms with E-state index in [2.05, 4.69) is 0 Å². The van der Waals surface area contributed by atoms with Crippen LogP contribution in [0.15, 0.2) is 18.2 Å². The molecule has 3 N–H and O–H groups in total. The highest BCUT2D eigenvalue weighted by atomic mass is 19.1. The van der Waals surface area contributed by atoms with Crippen LogP contribution in [-0.2, 0) is 11.2 Å². The van der Waals surface area contributed by atoms with Gasteiger partial charge in [-0.05, 0) is 49.6 Å². The van der Waals surface area contributed by atoms with Gasteiger partial charge in [0.25, 0.3) is 0 Å². The fraction of sp³-hybridized carbons (Fsp3) is 0.571. The highest BCUT2D eigenvalue weighted by Crippen LogP contribution is 2.22. The number of aryl methyl sites for hydroxylation is 1. The Balaban J connectivity index is 2.81. The van der Waals surface area contributed by atoms with Gasteiger partial charge in [0, 0.05) is 13.5 Å². The second kappa shape index (κ2) is 6.83. The van der Waals surface area contributed by atoms with Crippen LogP contribution in [0.2, 0.25) is 0 Å². The van der Waals surface area contributed by atoms with Crippen molar-refractivity contribution < 1.29 is 14.2 Å². The SMILES string of the molecule is COCC(O)(CCCN)Cc1ccc(F)cc1C. The summed E-state index contributed by atoms with van der Waals surface area (Å²) < 4.78 is 18.1. The summed E-state index contributed by atoms with van der Waals surface area (Å²) in [4.78, 5) is 0. The van der Waals surface area contributed by atoms with Crippen molar-refractivity contribution in [2.45, 2.75) is 31.8 Å². The van der Waals surface area contributed by atoms with Crippen molar-refractivity contribution in [1.29, 1.82) is 0 Å². The van der Waals surface area contributed by atoms with Crippen LogP contribution in [0.1, 0.15) is 24.0 Å². The molecule has 1 aromatic rings. The number of benzene rings is 1. The third-order valence-electron chi connectivity index (χ3n) is 3.08. The van der Waals surface area contributed by atoms with Crippen LogP contribution in [0.5, 0.6) is 0 Å². The summed E-state index contributed by atoms with van der Waals surface area (Å²) in [7, 11) is 1.56. The molecule has 0 aliphatic rings.